The lowest BCUT2D eigenvalue weighted by Crippen LogP contribution is -2.30. The van der Waals surface area contributed by atoms with Crippen molar-refractivity contribution in [2.75, 3.05) is 6.54 Å². The summed E-state index contributed by atoms with van der Waals surface area (Å²) in [5.41, 5.74) is 7.27. The lowest BCUT2D eigenvalue weighted by atomic mass is 10.1. The molecule has 23 heavy (non-hydrogen) atoms. The number of halogens is 1. The van der Waals surface area contributed by atoms with E-state index in [2.05, 4.69) is 5.32 Å². The molecule has 3 rings (SSSR count). The minimum absolute atomic E-state index is 0.222. The van der Waals surface area contributed by atoms with Crippen molar-refractivity contribution < 1.29 is 13.9 Å². The fourth-order valence-corrected chi connectivity index (χ4v) is 2.58. The van der Waals surface area contributed by atoms with Gasteiger partial charge in [-0.25, -0.2) is 4.39 Å². The first-order valence-corrected chi connectivity index (χ1v) is 7.61. The van der Waals surface area contributed by atoms with Crippen molar-refractivity contribution >= 4 is 5.91 Å². The van der Waals surface area contributed by atoms with Crippen molar-refractivity contribution in [3.8, 4) is 5.75 Å². The van der Waals surface area contributed by atoms with Crippen LogP contribution < -0.4 is 15.8 Å². The molecular formula is C18H19FN2O2. The molecule has 120 valence electrons. The third-order valence-corrected chi connectivity index (χ3v) is 3.96. The minimum atomic E-state index is -0.333. The molecule has 2 aromatic rings. The third-order valence-electron chi connectivity index (χ3n) is 3.96. The summed E-state index contributed by atoms with van der Waals surface area (Å²) in [6.45, 7) is 0.631. The zero-order valence-corrected chi connectivity index (χ0v) is 12.7. The Balaban J connectivity index is 1.50. The highest BCUT2D eigenvalue weighted by atomic mass is 19.1. The maximum absolute atomic E-state index is 12.8. The highest BCUT2D eigenvalue weighted by Crippen LogP contribution is 2.41. The van der Waals surface area contributed by atoms with Crippen molar-refractivity contribution in [1.29, 1.82) is 0 Å². The van der Waals surface area contributed by atoms with Gasteiger partial charge in [0.05, 0.1) is 6.54 Å². The van der Waals surface area contributed by atoms with Gasteiger partial charge in [0.25, 0.3) is 0 Å². The van der Waals surface area contributed by atoms with E-state index in [9.17, 15) is 9.18 Å². The van der Waals surface area contributed by atoms with Gasteiger partial charge in [-0.3, -0.25) is 4.79 Å². The van der Waals surface area contributed by atoms with E-state index in [-0.39, 0.29) is 18.3 Å². The molecule has 4 nitrogen and oxygen atoms in total. The molecule has 0 saturated heterocycles. The van der Waals surface area contributed by atoms with E-state index in [4.69, 9.17) is 10.5 Å². The van der Waals surface area contributed by atoms with Crippen molar-refractivity contribution in [1.82, 2.24) is 5.32 Å². The van der Waals surface area contributed by atoms with Gasteiger partial charge >= 0.3 is 0 Å². The maximum atomic E-state index is 12.8. The molecule has 2 atom stereocenters. The molecule has 1 amide bonds. The van der Waals surface area contributed by atoms with Crippen LogP contribution in [0.3, 0.4) is 0 Å². The second kappa shape index (κ2) is 6.79. The number of nitrogens with one attached hydrogen (secondary N) is 1. The number of carbonyl (C=O) groups excluding carboxylic acids is 1. The largest absolute Gasteiger partial charge is 0.489 e. The van der Waals surface area contributed by atoms with E-state index < -0.39 is 0 Å². The Bertz CT molecular complexity index is 670. The lowest BCUT2D eigenvalue weighted by molar-refractivity contribution is -0.117. The van der Waals surface area contributed by atoms with E-state index in [0.29, 0.717) is 18.6 Å². The summed E-state index contributed by atoms with van der Waals surface area (Å²) in [6, 6.07) is 14.5. The fourth-order valence-electron chi connectivity index (χ4n) is 2.58. The van der Waals surface area contributed by atoms with Crippen LogP contribution in [-0.2, 0) is 11.4 Å². The predicted molar refractivity (Wildman–Crippen MR) is 85.5 cm³/mol. The van der Waals surface area contributed by atoms with Crippen LogP contribution >= 0.6 is 0 Å². The summed E-state index contributed by atoms with van der Waals surface area (Å²) >= 11 is 0. The van der Waals surface area contributed by atoms with Gasteiger partial charge in [-0.2, -0.15) is 0 Å². The van der Waals surface area contributed by atoms with Gasteiger partial charge in [0.1, 0.15) is 18.2 Å². The third kappa shape index (κ3) is 4.29. The average Bonchev–Trinajstić information content (AvgIpc) is 3.33. The quantitative estimate of drug-likeness (QED) is 0.824. The van der Waals surface area contributed by atoms with Gasteiger partial charge in [-0.1, -0.05) is 24.3 Å². The summed E-state index contributed by atoms with van der Waals surface area (Å²) in [4.78, 5) is 10.7. The van der Waals surface area contributed by atoms with E-state index in [1.54, 1.807) is 12.1 Å². The molecule has 1 unspecified atom stereocenters. The Morgan fingerprint density at radius 1 is 1.17 bits per heavy atom. The Labute approximate surface area is 134 Å². The Morgan fingerprint density at radius 2 is 1.87 bits per heavy atom. The van der Waals surface area contributed by atoms with Crippen LogP contribution in [0.4, 0.5) is 4.39 Å². The molecule has 1 aliphatic carbocycles. The SMILES string of the molecule is NC(=O)CN[C@H]1CC1c1ccc(OCc2ccc(F)cc2)cc1. The van der Waals surface area contributed by atoms with Gasteiger partial charge in [0, 0.05) is 12.0 Å². The number of rotatable bonds is 7. The molecule has 0 bridgehead atoms. The first-order chi connectivity index (χ1) is 11.1. The Morgan fingerprint density at radius 3 is 2.52 bits per heavy atom. The molecule has 0 aromatic heterocycles. The molecule has 0 spiro atoms. The fraction of sp³-hybridized carbons (Fsp3) is 0.278. The van der Waals surface area contributed by atoms with Gasteiger partial charge in [0.2, 0.25) is 5.91 Å². The molecule has 3 N–H and O–H groups in total. The Hall–Kier alpha value is -2.40. The van der Waals surface area contributed by atoms with Crippen LogP contribution in [0.2, 0.25) is 0 Å². The molecule has 1 fully saturated rings. The van der Waals surface area contributed by atoms with Crippen LogP contribution in [0.15, 0.2) is 48.5 Å². The number of hydrogen-bond acceptors (Lipinski definition) is 3. The molecule has 1 aliphatic rings. The average molecular weight is 314 g/mol. The second-order valence-corrected chi connectivity index (χ2v) is 5.78. The topological polar surface area (TPSA) is 64.4 Å². The number of primary amides is 1. The number of ether oxygens (including phenoxy) is 1. The first-order valence-electron chi connectivity index (χ1n) is 7.61. The van der Waals surface area contributed by atoms with Gasteiger partial charge < -0.3 is 15.8 Å². The van der Waals surface area contributed by atoms with Crippen molar-refractivity contribution in [2.24, 2.45) is 5.73 Å². The van der Waals surface area contributed by atoms with E-state index in [1.807, 2.05) is 24.3 Å². The zero-order valence-electron chi connectivity index (χ0n) is 12.7. The molecule has 5 heteroatoms. The number of benzene rings is 2. The van der Waals surface area contributed by atoms with Crippen molar-refractivity contribution in [3.05, 3.63) is 65.5 Å². The van der Waals surface area contributed by atoms with E-state index in [1.165, 1.54) is 17.7 Å². The summed E-state index contributed by atoms with van der Waals surface area (Å²) in [6.07, 6.45) is 1.02. The first kappa shape index (κ1) is 15.5. The second-order valence-electron chi connectivity index (χ2n) is 5.78. The summed E-state index contributed by atoms with van der Waals surface area (Å²) in [5.74, 6) is 0.628. The highest BCUT2D eigenvalue weighted by Gasteiger charge is 2.37. The van der Waals surface area contributed by atoms with Crippen LogP contribution in [0.1, 0.15) is 23.5 Å². The van der Waals surface area contributed by atoms with Gasteiger partial charge in [-0.05, 0) is 41.8 Å². The highest BCUT2D eigenvalue weighted by molar-refractivity contribution is 5.76. The van der Waals surface area contributed by atoms with Crippen molar-refractivity contribution in [3.63, 3.8) is 0 Å². The van der Waals surface area contributed by atoms with E-state index in [0.717, 1.165) is 17.7 Å². The van der Waals surface area contributed by atoms with Crippen molar-refractivity contribution in [2.45, 2.75) is 25.0 Å². The van der Waals surface area contributed by atoms with Crippen LogP contribution in [0, 0.1) is 5.82 Å². The van der Waals surface area contributed by atoms with E-state index >= 15 is 0 Å². The normalized spacial score (nSPS) is 19.3. The smallest absolute Gasteiger partial charge is 0.231 e. The lowest BCUT2D eigenvalue weighted by Gasteiger charge is -2.08. The summed E-state index contributed by atoms with van der Waals surface area (Å²) in [5, 5.41) is 3.13. The van der Waals surface area contributed by atoms with Crippen LogP contribution in [0.25, 0.3) is 0 Å². The number of nitrogens with two attached hydrogens (primary N) is 1. The molecule has 1 saturated carbocycles. The number of amides is 1. The Kier molecular flexibility index (Phi) is 4.57. The maximum Gasteiger partial charge on any atom is 0.231 e. The number of hydrogen-bond donors (Lipinski definition) is 2. The molecular weight excluding hydrogens is 295 g/mol. The monoisotopic (exact) mass is 314 g/mol. The summed E-state index contributed by atoms with van der Waals surface area (Å²) < 4.78 is 18.5. The molecule has 0 heterocycles. The predicted octanol–water partition coefficient (Wildman–Crippen LogP) is 2.34. The molecule has 0 aliphatic heterocycles. The van der Waals surface area contributed by atoms with Gasteiger partial charge in [-0.15, -0.1) is 0 Å². The number of carbonyl (C=O) groups is 1. The molecule has 0 radical (unpaired) electrons. The molecule has 2 aromatic carbocycles. The zero-order chi connectivity index (χ0) is 16.2. The summed E-state index contributed by atoms with van der Waals surface area (Å²) in [7, 11) is 0. The van der Waals surface area contributed by atoms with Crippen LogP contribution in [-0.4, -0.2) is 18.5 Å². The minimum Gasteiger partial charge on any atom is -0.489 e. The van der Waals surface area contributed by atoms with Gasteiger partial charge in [0.15, 0.2) is 0 Å². The standard InChI is InChI=1S/C18H19FN2O2/c19-14-5-1-12(2-6-14)11-23-15-7-3-13(4-8-15)16-9-17(16)21-10-18(20)22/h1-8,16-17,21H,9-11H2,(H2,20,22)/t16?,17-/m0/s1. The van der Waals surface area contributed by atoms with Crippen LogP contribution in [0.5, 0.6) is 5.75 Å².